The molecular formula is C22H22ClNO5. The van der Waals surface area contributed by atoms with E-state index >= 15 is 0 Å². The first-order valence-electron chi connectivity index (χ1n) is 9.38. The van der Waals surface area contributed by atoms with Crippen LogP contribution in [0.25, 0.3) is 0 Å². The van der Waals surface area contributed by atoms with Crippen molar-refractivity contribution in [2.75, 3.05) is 13.8 Å². The lowest BCUT2D eigenvalue weighted by Crippen LogP contribution is -2.54. The van der Waals surface area contributed by atoms with Gasteiger partial charge < -0.3 is 9.47 Å². The number of likely N-dealkylation sites (N-methyl/N-ethyl adjacent to an activating group) is 1. The molecule has 2 aromatic rings. The van der Waals surface area contributed by atoms with Crippen molar-refractivity contribution in [3.8, 4) is 0 Å². The number of nitrogens with zero attached hydrogens (tertiary/aromatic N) is 1. The van der Waals surface area contributed by atoms with Crippen molar-refractivity contribution in [1.82, 2.24) is 4.90 Å². The van der Waals surface area contributed by atoms with Gasteiger partial charge in [-0.25, -0.2) is 9.59 Å². The number of carbonyl (C=O) groups is 3. The van der Waals surface area contributed by atoms with E-state index in [0.29, 0.717) is 29.0 Å². The van der Waals surface area contributed by atoms with Crippen LogP contribution in [0.3, 0.4) is 0 Å². The van der Waals surface area contributed by atoms with Crippen molar-refractivity contribution in [2.45, 2.75) is 31.2 Å². The van der Waals surface area contributed by atoms with Gasteiger partial charge in [-0.1, -0.05) is 48.0 Å². The van der Waals surface area contributed by atoms with Gasteiger partial charge in [0.1, 0.15) is 5.54 Å². The fourth-order valence-electron chi connectivity index (χ4n) is 3.67. The van der Waals surface area contributed by atoms with E-state index < -0.39 is 24.4 Å². The molecule has 6 nitrogen and oxygen atoms in total. The Labute approximate surface area is 174 Å². The molecular weight excluding hydrogens is 394 g/mol. The van der Waals surface area contributed by atoms with Gasteiger partial charge in [-0.2, -0.15) is 0 Å². The van der Waals surface area contributed by atoms with Crippen molar-refractivity contribution in [3.63, 3.8) is 0 Å². The molecule has 2 aromatic carbocycles. The van der Waals surface area contributed by atoms with Crippen LogP contribution < -0.4 is 0 Å². The molecule has 7 heteroatoms. The maximum atomic E-state index is 13.0. The molecule has 1 unspecified atom stereocenters. The molecule has 1 amide bonds. The standard InChI is InChI=1S/C22H22ClNO5/c1-24(21(27)29-15-28-20(26)16-9-3-2-4-10-16)22(14-8-7-13-19(22)25)17-11-5-6-12-18(17)23/h2-6,9-12H,7-8,13-15H2,1H3. The van der Waals surface area contributed by atoms with Crippen molar-refractivity contribution >= 4 is 29.4 Å². The average molecular weight is 416 g/mol. The summed E-state index contributed by atoms with van der Waals surface area (Å²) in [6, 6.07) is 15.4. The molecule has 152 valence electrons. The van der Waals surface area contributed by atoms with Crippen LogP contribution in [-0.4, -0.2) is 36.6 Å². The van der Waals surface area contributed by atoms with Gasteiger partial charge in [-0.15, -0.1) is 0 Å². The SMILES string of the molecule is CN(C(=O)OCOC(=O)c1ccccc1)C1(c2ccccc2Cl)CCCCC1=O. The number of amides is 1. The summed E-state index contributed by atoms with van der Waals surface area (Å²) in [6.07, 6.45) is 1.58. The van der Waals surface area contributed by atoms with Crippen LogP contribution in [-0.2, 0) is 19.8 Å². The highest BCUT2D eigenvalue weighted by atomic mass is 35.5. The molecule has 1 aliphatic carbocycles. The van der Waals surface area contributed by atoms with Crippen LogP contribution in [0.5, 0.6) is 0 Å². The topological polar surface area (TPSA) is 72.9 Å². The van der Waals surface area contributed by atoms with E-state index in [1.807, 2.05) is 0 Å². The molecule has 0 aromatic heterocycles. The highest BCUT2D eigenvalue weighted by Crippen LogP contribution is 2.42. The Morgan fingerprint density at radius 3 is 2.41 bits per heavy atom. The fraction of sp³-hybridized carbons (Fsp3) is 0.318. The molecule has 1 atom stereocenters. The molecule has 29 heavy (non-hydrogen) atoms. The van der Waals surface area contributed by atoms with Crippen LogP contribution in [0.4, 0.5) is 4.79 Å². The van der Waals surface area contributed by atoms with E-state index in [-0.39, 0.29) is 5.78 Å². The first-order valence-corrected chi connectivity index (χ1v) is 9.75. The number of ketones is 1. The third kappa shape index (κ3) is 4.27. The number of benzene rings is 2. The summed E-state index contributed by atoms with van der Waals surface area (Å²) in [5.74, 6) is -0.687. The van der Waals surface area contributed by atoms with Crippen molar-refractivity contribution in [3.05, 3.63) is 70.7 Å². The lowest BCUT2D eigenvalue weighted by molar-refractivity contribution is -0.133. The Morgan fingerprint density at radius 1 is 1.03 bits per heavy atom. The summed E-state index contributed by atoms with van der Waals surface area (Å²) in [5.41, 5.74) is -0.268. The highest BCUT2D eigenvalue weighted by Gasteiger charge is 2.48. The largest absolute Gasteiger partial charge is 0.424 e. The summed E-state index contributed by atoms with van der Waals surface area (Å²) >= 11 is 6.37. The van der Waals surface area contributed by atoms with Crippen molar-refractivity contribution in [2.24, 2.45) is 0 Å². The third-order valence-electron chi connectivity index (χ3n) is 5.20. The van der Waals surface area contributed by atoms with E-state index in [2.05, 4.69) is 0 Å². The monoisotopic (exact) mass is 415 g/mol. The molecule has 0 heterocycles. The zero-order chi connectivity index (χ0) is 20.9. The summed E-state index contributed by atoms with van der Waals surface area (Å²) in [5, 5.41) is 0.415. The molecule has 1 fully saturated rings. The number of halogens is 1. The molecule has 0 radical (unpaired) electrons. The minimum absolute atomic E-state index is 0.0856. The number of ether oxygens (including phenoxy) is 2. The number of esters is 1. The fourth-order valence-corrected chi connectivity index (χ4v) is 3.97. The zero-order valence-electron chi connectivity index (χ0n) is 16.1. The zero-order valence-corrected chi connectivity index (χ0v) is 16.9. The third-order valence-corrected chi connectivity index (χ3v) is 5.53. The molecule has 0 aliphatic heterocycles. The van der Waals surface area contributed by atoms with E-state index in [1.165, 1.54) is 11.9 Å². The number of hydrogen-bond donors (Lipinski definition) is 0. The molecule has 0 spiro atoms. The first kappa shape index (κ1) is 20.9. The van der Waals surface area contributed by atoms with E-state index in [0.717, 1.165) is 12.8 Å². The van der Waals surface area contributed by atoms with Gasteiger partial charge in [0.25, 0.3) is 0 Å². The second-order valence-corrected chi connectivity index (χ2v) is 7.26. The number of Topliss-reactive ketones (excluding diaryl/α,β-unsaturated/α-hetero) is 1. The lowest BCUT2D eigenvalue weighted by Gasteiger charge is -2.43. The maximum absolute atomic E-state index is 13.0. The van der Waals surface area contributed by atoms with Crippen molar-refractivity contribution in [1.29, 1.82) is 0 Å². The number of hydrogen-bond acceptors (Lipinski definition) is 5. The van der Waals surface area contributed by atoms with Gasteiger partial charge in [0, 0.05) is 24.1 Å². The highest BCUT2D eigenvalue weighted by molar-refractivity contribution is 6.31. The minimum atomic E-state index is -1.20. The Kier molecular flexibility index (Phi) is 6.54. The second kappa shape index (κ2) is 9.09. The maximum Gasteiger partial charge on any atom is 0.413 e. The molecule has 0 saturated heterocycles. The summed E-state index contributed by atoms with van der Waals surface area (Å²) in [7, 11) is 1.51. The van der Waals surface area contributed by atoms with E-state index in [9.17, 15) is 14.4 Å². The molecule has 0 N–H and O–H groups in total. The lowest BCUT2D eigenvalue weighted by atomic mass is 9.74. The Hall–Kier alpha value is -2.86. The van der Waals surface area contributed by atoms with E-state index in [1.54, 1.807) is 54.6 Å². The minimum Gasteiger partial charge on any atom is -0.424 e. The average Bonchev–Trinajstić information content (AvgIpc) is 2.74. The summed E-state index contributed by atoms with van der Waals surface area (Å²) in [6.45, 7) is -0.552. The predicted octanol–water partition coefficient (Wildman–Crippen LogP) is 4.56. The Bertz CT molecular complexity index is 901. The van der Waals surface area contributed by atoms with Crippen LogP contribution >= 0.6 is 11.6 Å². The smallest absolute Gasteiger partial charge is 0.413 e. The van der Waals surface area contributed by atoms with Crippen LogP contribution in [0.2, 0.25) is 5.02 Å². The van der Waals surface area contributed by atoms with Crippen LogP contribution in [0.1, 0.15) is 41.6 Å². The van der Waals surface area contributed by atoms with Gasteiger partial charge in [0.05, 0.1) is 5.56 Å². The van der Waals surface area contributed by atoms with Gasteiger partial charge in [-0.3, -0.25) is 9.69 Å². The first-order chi connectivity index (χ1) is 14.0. The molecule has 0 bridgehead atoms. The Morgan fingerprint density at radius 2 is 1.72 bits per heavy atom. The van der Waals surface area contributed by atoms with Gasteiger partial charge in [0.2, 0.25) is 6.79 Å². The van der Waals surface area contributed by atoms with Gasteiger partial charge in [0.15, 0.2) is 5.78 Å². The van der Waals surface area contributed by atoms with Gasteiger partial charge in [-0.05, 0) is 37.5 Å². The molecule has 1 saturated carbocycles. The predicted molar refractivity (Wildman–Crippen MR) is 108 cm³/mol. The quantitative estimate of drug-likeness (QED) is 0.528. The number of rotatable bonds is 5. The Balaban J connectivity index is 1.73. The van der Waals surface area contributed by atoms with Gasteiger partial charge >= 0.3 is 12.1 Å². The summed E-state index contributed by atoms with van der Waals surface area (Å²) < 4.78 is 10.1. The van der Waals surface area contributed by atoms with Crippen LogP contribution in [0.15, 0.2) is 54.6 Å². The summed E-state index contributed by atoms with van der Waals surface area (Å²) in [4.78, 5) is 39.0. The molecule has 3 rings (SSSR count). The second-order valence-electron chi connectivity index (χ2n) is 6.86. The normalized spacial score (nSPS) is 18.8. The van der Waals surface area contributed by atoms with E-state index in [4.69, 9.17) is 21.1 Å². The van der Waals surface area contributed by atoms with Crippen LogP contribution in [0, 0.1) is 0 Å². The molecule has 1 aliphatic rings. The van der Waals surface area contributed by atoms with Crippen molar-refractivity contribution < 1.29 is 23.9 Å². The number of carbonyl (C=O) groups excluding carboxylic acids is 3.